The molecule has 0 bridgehead atoms. The number of fused-ring (bicyclic) bond motifs is 1. The van der Waals surface area contributed by atoms with E-state index < -0.39 is 5.25 Å². The number of nitrogens with zero attached hydrogens (tertiary/aromatic N) is 2. The van der Waals surface area contributed by atoms with Gasteiger partial charge in [0, 0.05) is 22.8 Å². The number of halogens is 1. The normalized spacial score (nSPS) is 11.8. The first-order valence-corrected chi connectivity index (χ1v) is 10.5. The third-order valence-corrected chi connectivity index (χ3v) is 5.71. The Kier molecular flexibility index (Phi) is 6.74. The summed E-state index contributed by atoms with van der Waals surface area (Å²) in [5.41, 5.74) is 1.29. The number of thioether (sulfide) groups is 1. The van der Waals surface area contributed by atoms with Crippen LogP contribution in [0.4, 0.5) is 5.69 Å². The number of ketones is 1. The predicted octanol–water partition coefficient (Wildman–Crippen LogP) is 4.56. The molecule has 1 amide bonds. The van der Waals surface area contributed by atoms with E-state index in [0.717, 1.165) is 11.8 Å². The van der Waals surface area contributed by atoms with Gasteiger partial charge in [0.25, 0.3) is 5.56 Å². The summed E-state index contributed by atoms with van der Waals surface area (Å²) in [6.45, 7) is 7.16. The van der Waals surface area contributed by atoms with E-state index in [9.17, 15) is 14.4 Å². The molecule has 0 radical (unpaired) electrons. The minimum atomic E-state index is -0.550. The highest BCUT2D eigenvalue weighted by molar-refractivity contribution is 8.00. The van der Waals surface area contributed by atoms with Crippen LogP contribution in [0, 0.1) is 0 Å². The fraction of sp³-hybridized carbons (Fsp3) is 0.182. The molecule has 8 heteroatoms. The molecule has 0 aliphatic rings. The lowest BCUT2D eigenvalue weighted by Crippen LogP contribution is -2.26. The average molecular weight is 442 g/mol. The molecule has 0 saturated heterocycles. The average Bonchev–Trinajstić information content (AvgIpc) is 2.70. The molecular weight excluding hydrogens is 422 g/mol. The summed E-state index contributed by atoms with van der Waals surface area (Å²) in [7, 11) is 0. The van der Waals surface area contributed by atoms with Crippen LogP contribution >= 0.6 is 23.4 Å². The minimum absolute atomic E-state index is 0.0824. The van der Waals surface area contributed by atoms with E-state index in [0.29, 0.717) is 32.3 Å². The quantitative estimate of drug-likeness (QED) is 0.251. The van der Waals surface area contributed by atoms with E-state index >= 15 is 0 Å². The number of nitrogens with one attached hydrogen (secondary N) is 1. The largest absolute Gasteiger partial charge is 0.325 e. The second kappa shape index (κ2) is 9.28. The zero-order valence-electron chi connectivity index (χ0n) is 16.5. The molecule has 0 fully saturated rings. The zero-order chi connectivity index (χ0) is 21.8. The highest BCUT2D eigenvalue weighted by atomic mass is 35.5. The van der Waals surface area contributed by atoms with Crippen LogP contribution in [-0.4, -0.2) is 26.5 Å². The number of hydrogen-bond donors (Lipinski definition) is 1. The Bertz CT molecular complexity index is 1210. The van der Waals surface area contributed by atoms with Gasteiger partial charge in [-0.05, 0) is 44.2 Å². The van der Waals surface area contributed by atoms with Gasteiger partial charge in [0.1, 0.15) is 0 Å². The van der Waals surface area contributed by atoms with Crippen LogP contribution in [0.1, 0.15) is 24.2 Å². The van der Waals surface area contributed by atoms with Crippen molar-refractivity contribution in [2.24, 2.45) is 0 Å². The number of allylic oxidation sites excluding steroid dienone is 1. The maximum atomic E-state index is 12.9. The number of aromatic nitrogens is 2. The van der Waals surface area contributed by atoms with Crippen molar-refractivity contribution in [3.05, 3.63) is 76.1 Å². The fourth-order valence-corrected chi connectivity index (χ4v) is 3.91. The molecule has 2 aromatic carbocycles. The van der Waals surface area contributed by atoms with Gasteiger partial charge >= 0.3 is 0 Å². The molecule has 6 nitrogen and oxygen atoms in total. The van der Waals surface area contributed by atoms with Crippen molar-refractivity contribution in [2.75, 3.05) is 5.32 Å². The molecule has 1 unspecified atom stereocenters. The summed E-state index contributed by atoms with van der Waals surface area (Å²) in [5, 5.41) is 3.57. The first kappa shape index (κ1) is 21.8. The van der Waals surface area contributed by atoms with Crippen molar-refractivity contribution in [3.8, 4) is 0 Å². The van der Waals surface area contributed by atoms with Gasteiger partial charge in [0.15, 0.2) is 10.9 Å². The predicted molar refractivity (Wildman–Crippen MR) is 122 cm³/mol. The summed E-state index contributed by atoms with van der Waals surface area (Å²) in [5.74, 6) is -0.354. The number of carbonyl (C=O) groups excluding carboxylic acids is 2. The molecule has 0 spiro atoms. The molecule has 154 valence electrons. The number of amides is 1. The van der Waals surface area contributed by atoms with Crippen molar-refractivity contribution >= 4 is 51.6 Å². The van der Waals surface area contributed by atoms with Gasteiger partial charge in [-0.15, -0.1) is 6.58 Å². The third kappa shape index (κ3) is 4.80. The zero-order valence-corrected chi connectivity index (χ0v) is 18.1. The fourth-order valence-electron chi connectivity index (χ4n) is 2.83. The molecule has 0 saturated carbocycles. The molecule has 1 aromatic heterocycles. The number of benzene rings is 2. The molecular formula is C22H20ClN3O3S. The first-order valence-electron chi connectivity index (χ1n) is 9.19. The Labute approximate surface area is 183 Å². The smallest absolute Gasteiger partial charge is 0.262 e. The highest BCUT2D eigenvalue weighted by Crippen LogP contribution is 2.25. The number of Topliss-reactive ketones (excluding diaryl/α,β-unsaturated/α-hetero) is 1. The summed E-state index contributed by atoms with van der Waals surface area (Å²) in [6, 6.07) is 11.6. The Hall–Kier alpha value is -2.90. The van der Waals surface area contributed by atoms with Gasteiger partial charge < -0.3 is 5.32 Å². The Morgan fingerprint density at radius 3 is 2.77 bits per heavy atom. The molecule has 0 aliphatic heterocycles. The molecule has 1 atom stereocenters. The molecule has 3 aromatic rings. The first-order chi connectivity index (χ1) is 14.3. The van der Waals surface area contributed by atoms with Crippen LogP contribution in [-0.2, 0) is 11.3 Å². The van der Waals surface area contributed by atoms with Crippen molar-refractivity contribution in [3.63, 3.8) is 0 Å². The van der Waals surface area contributed by atoms with Crippen molar-refractivity contribution < 1.29 is 9.59 Å². The maximum Gasteiger partial charge on any atom is 0.262 e. The second-order valence-electron chi connectivity index (χ2n) is 6.65. The van der Waals surface area contributed by atoms with Crippen LogP contribution in [0.25, 0.3) is 10.9 Å². The Morgan fingerprint density at radius 2 is 2.07 bits per heavy atom. The number of carbonyl (C=O) groups is 2. The summed E-state index contributed by atoms with van der Waals surface area (Å²) in [4.78, 5) is 41.7. The topological polar surface area (TPSA) is 81.1 Å². The van der Waals surface area contributed by atoms with Gasteiger partial charge in [-0.3, -0.25) is 19.0 Å². The molecule has 30 heavy (non-hydrogen) atoms. The summed E-state index contributed by atoms with van der Waals surface area (Å²) < 4.78 is 1.48. The van der Waals surface area contributed by atoms with Crippen LogP contribution in [0.2, 0.25) is 5.02 Å². The molecule has 0 aliphatic carbocycles. The lowest BCUT2D eigenvalue weighted by Gasteiger charge is -2.16. The lowest BCUT2D eigenvalue weighted by atomic mass is 10.1. The van der Waals surface area contributed by atoms with Crippen molar-refractivity contribution in [2.45, 2.75) is 30.8 Å². The standard InChI is InChI=1S/C22H20ClN3O3S/c1-4-10-26-21(29)18-9-8-16(23)12-19(18)25-22(26)30-14(3)20(28)24-17-7-5-6-15(11-17)13(2)27/h4-9,11-12,14H,1,10H2,2-3H3,(H,24,28). The van der Waals surface area contributed by atoms with Gasteiger partial charge in [-0.2, -0.15) is 0 Å². The number of rotatable bonds is 7. The molecule has 1 heterocycles. The SMILES string of the molecule is C=CCn1c(SC(C)C(=O)Nc2cccc(C(C)=O)c2)nc2cc(Cl)ccc2c1=O. The van der Waals surface area contributed by atoms with Crippen LogP contribution in [0.15, 0.2) is 65.1 Å². The van der Waals surface area contributed by atoms with Crippen LogP contribution in [0.3, 0.4) is 0 Å². The molecule has 3 rings (SSSR count). The lowest BCUT2D eigenvalue weighted by molar-refractivity contribution is -0.115. The van der Waals surface area contributed by atoms with Crippen LogP contribution in [0.5, 0.6) is 0 Å². The number of anilines is 1. The second-order valence-corrected chi connectivity index (χ2v) is 8.39. The van der Waals surface area contributed by atoms with E-state index in [4.69, 9.17) is 11.6 Å². The highest BCUT2D eigenvalue weighted by Gasteiger charge is 2.19. The van der Waals surface area contributed by atoms with E-state index in [-0.39, 0.29) is 23.8 Å². The Morgan fingerprint density at radius 1 is 1.30 bits per heavy atom. The Balaban J connectivity index is 1.88. The van der Waals surface area contributed by atoms with Gasteiger partial charge in [-0.1, -0.05) is 41.6 Å². The summed E-state index contributed by atoms with van der Waals surface area (Å²) >= 11 is 7.21. The summed E-state index contributed by atoms with van der Waals surface area (Å²) in [6.07, 6.45) is 1.60. The minimum Gasteiger partial charge on any atom is -0.325 e. The van der Waals surface area contributed by atoms with Crippen molar-refractivity contribution in [1.29, 1.82) is 0 Å². The third-order valence-electron chi connectivity index (χ3n) is 4.38. The molecule has 1 N–H and O–H groups in total. The monoisotopic (exact) mass is 441 g/mol. The van der Waals surface area contributed by atoms with E-state index in [1.165, 1.54) is 11.5 Å². The van der Waals surface area contributed by atoms with E-state index in [2.05, 4.69) is 16.9 Å². The van der Waals surface area contributed by atoms with E-state index in [1.54, 1.807) is 55.5 Å². The van der Waals surface area contributed by atoms with Gasteiger partial charge in [-0.25, -0.2) is 4.98 Å². The van der Waals surface area contributed by atoms with Gasteiger partial charge in [0.2, 0.25) is 5.91 Å². The maximum absolute atomic E-state index is 12.9. The van der Waals surface area contributed by atoms with E-state index in [1.807, 2.05) is 0 Å². The van der Waals surface area contributed by atoms with Gasteiger partial charge in [0.05, 0.1) is 16.2 Å². The van der Waals surface area contributed by atoms with Crippen molar-refractivity contribution in [1.82, 2.24) is 9.55 Å². The van der Waals surface area contributed by atoms with Crippen LogP contribution < -0.4 is 10.9 Å². The number of hydrogen-bond acceptors (Lipinski definition) is 5.